The molecule has 140 valence electrons. The van der Waals surface area contributed by atoms with Gasteiger partial charge in [0.1, 0.15) is 5.75 Å². The number of hydrogen-bond acceptors (Lipinski definition) is 5. The third-order valence-corrected chi connectivity index (χ3v) is 5.37. The van der Waals surface area contributed by atoms with Crippen LogP contribution in [0.4, 0.5) is 5.13 Å². The smallest absolute Gasteiger partial charge is 0.264 e. The molecule has 1 aliphatic heterocycles. The number of anilines is 1. The van der Waals surface area contributed by atoms with E-state index in [9.17, 15) is 4.79 Å². The normalized spacial score (nSPS) is 20.7. The fourth-order valence-corrected chi connectivity index (χ4v) is 4.27. The Kier molecular flexibility index (Phi) is 6.51. The maximum absolute atomic E-state index is 12.0. The summed E-state index contributed by atoms with van der Waals surface area (Å²) < 4.78 is 5.44. The van der Waals surface area contributed by atoms with Crippen LogP contribution in [-0.4, -0.2) is 35.5 Å². The van der Waals surface area contributed by atoms with Gasteiger partial charge >= 0.3 is 0 Å². The summed E-state index contributed by atoms with van der Waals surface area (Å²) in [5, 5.41) is 6.06. The summed E-state index contributed by atoms with van der Waals surface area (Å²) in [6.45, 7) is 7.60. The molecule has 0 unspecified atom stereocenters. The molecule has 2 heterocycles. The van der Waals surface area contributed by atoms with E-state index < -0.39 is 0 Å². The van der Waals surface area contributed by atoms with Gasteiger partial charge in [0.15, 0.2) is 11.7 Å². The van der Waals surface area contributed by atoms with E-state index in [1.807, 2.05) is 5.38 Å². The number of piperidine rings is 1. The molecule has 0 radical (unpaired) electrons. The van der Waals surface area contributed by atoms with Gasteiger partial charge in [-0.05, 0) is 42.5 Å². The number of carbonyl (C=O) groups is 1. The Balaban J connectivity index is 1.46. The van der Waals surface area contributed by atoms with Crippen molar-refractivity contribution < 1.29 is 9.53 Å². The van der Waals surface area contributed by atoms with Gasteiger partial charge in [0, 0.05) is 30.0 Å². The van der Waals surface area contributed by atoms with Gasteiger partial charge in [-0.25, -0.2) is 4.98 Å². The molecule has 1 aromatic heterocycles. The molecule has 1 aromatic carbocycles. The lowest BCUT2D eigenvalue weighted by Gasteiger charge is -2.34. The predicted octanol–water partition coefficient (Wildman–Crippen LogP) is 4.29. The molecule has 1 fully saturated rings. The van der Waals surface area contributed by atoms with E-state index >= 15 is 0 Å². The summed E-state index contributed by atoms with van der Waals surface area (Å²) in [5.74, 6) is 1.84. The third-order valence-electron chi connectivity index (χ3n) is 4.31. The zero-order valence-electron chi connectivity index (χ0n) is 15.1. The van der Waals surface area contributed by atoms with Crippen LogP contribution in [-0.2, 0) is 11.3 Å². The van der Waals surface area contributed by atoms with Crippen LogP contribution in [0.2, 0.25) is 5.02 Å². The fraction of sp³-hybridized carbons (Fsp3) is 0.474. The van der Waals surface area contributed by atoms with E-state index in [1.54, 1.807) is 24.3 Å². The average Bonchev–Trinajstić information content (AvgIpc) is 3.00. The second-order valence-electron chi connectivity index (χ2n) is 7.07. The topological polar surface area (TPSA) is 54.5 Å². The molecule has 0 saturated carbocycles. The van der Waals surface area contributed by atoms with Crippen LogP contribution in [0.5, 0.6) is 5.75 Å². The van der Waals surface area contributed by atoms with Crippen molar-refractivity contribution >= 4 is 34.0 Å². The van der Waals surface area contributed by atoms with Crippen LogP contribution in [0.15, 0.2) is 29.6 Å². The quantitative estimate of drug-likeness (QED) is 0.795. The first-order valence-electron chi connectivity index (χ1n) is 8.83. The van der Waals surface area contributed by atoms with Crippen molar-refractivity contribution in [3.05, 3.63) is 40.4 Å². The number of hydrogen-bond donors (Lipinski definition) is 1. The standard InChI is InChI=1S/C19H24ClN3O2S/c1-13-7-14(2)9-23(8-13)10-16-12-26-19(21-16)22-18(24)11-25-17-5-3-15(20)4-6-17/h3-6,12-14H,7-11H2,1-2H3,(H,21,22,24)/t13-,14+. The largest absolute Gasteiger partial charge is 0.484 e. The minimum absolute atomic E-state index is 0.0578. The lowest BCUT2D eigenvalue weighted by Crippen LogP contribution is -2.38. The molecular weight excluding hydrogens is 370 g/mol. The maximum Gasteiger partial charge on any atom is 0.264 e. The highest BCUT2D eigenvalue weighted by atomic mass is 35.5. The Labute approximate surface area is 163 Å². The van der Waals surface area contributed by atoms with Crippen LogP contribution in [0, 0.1) is 11.8 Å². The average molecular weight is 394 g/mol. The van der Waals surface area contributed by atoms with Gasteiger partial charge in [-0.1, -0.05) is 25.4 Å². The van der Waals surface area contributed by atoms with E-state index in [0.29, 0.717) is 15.9 Å². The van der Waals surface area contributed by atoms with Crippen molar-refractivity contribution in [2.75, 3.05) is 25.0 Å². The number of ether oxygens (including phenoxy) is 1. The van der Waals surface area contributed by atoms with Crippen LogP contribution in [0.3, 0.4) is 0 Å². The van der Waals surface area contributed by atoms with Crippen molar-refractivity contribution in [1.82, 2.24) is 9.88 Å². The molecule has 5 nitrogen and oxygen atoms in total. The molecule has 0 spiro atoms. The summed E-state index contributed by atoms with van der Waals surface area (Å²) in [4.78, 5) is 19.0. The summed E-state index contributed by atoms with van der Waals surface area (Å²) in [5.41, 5.74) is 1.00. The number of carbonyl (C=O) groups excluding carboxylic acids is 1. The molecule has 2 aromatic rings. The lowest BCUT2D eigenvalue weighted by atomic mass is 9.92. The van der Waals surface area contributed by atoms with Crippen molar-refractivity contribution in [1.29, 1.82) is 0 Å². The molecule has 1 amide bonds. The lowest BCUT2D eigenvalue weighted by molar-refractivity contribution is -0.118. The van der Waals surface area contributed by atoms with Gasteiger partial charge in [-0.3, -0.25) is 15.0 Å². The Morgan fingerprint density at radius 3 is 2.69 bits per heavy atom. The first-order valence-corrected chi connectivity index (χ1v) is 10.1. The number of thiazole rings is 1. The second kappa shape index (κ2) is 8.84. The van der Waals surface area contributed by atoms with Gasteiger partial charge in [0.25, 0.3) is 5.91 Å². The third kappa shape index (κ3) is 5.69. The number of rotatable bonds is 6. The Hall–Kier alpha value is -1.63. The van der Waals surface area contributed by atoms with Crippen LogP contribution in [0.25, 0.3) is 0 Å². The molecular formula is C19H24ClN3O2S. The highest BCUT2D eigenvalue weighted by molar-refractivity contribution is 7.13. The number of amides is 1. The Bertz CT molecular complexity index is 725. The van der Waals surface area contributed by atoms with Crippen LogP contribution < -0.4 is 10.1 Å². The summed E-state index contributed by atoms with van der Waals surface area (Å²) in [6.07, 6.45) is 1.29. The minimum Gasteiger partial charge on any atom is -0.484 e. The number of halogens is 1. The first kappa shape index (κ1) is 19.1. The predicted molar refractivity (Wildman–Crippen MR) is 106 cm³/mol. The number of nitrogens with zero attached hydrogens (tertiary/aromatic N) is 2. The highest BCUT2D eigenvalue weighted by Gasteiger charge is 2.22. The SMILES string of the molecule is C[C@@H]1C[C@H](C)CN(Cc2csc(NC(=O)COc3ccc(Cl)cc3)n2)C1. The van der Waals surface area contributed by atoms with Crippen LogP contribution >= 0.6 is 22.9 Å². The second-order valence-corrected chi connectivity index (χ2v) is 8.37. The molecule has 1 aliphatic rings. The number of aromatic nitrogens is 1. The summed E-state index contributed by atoms with van der Waals surface area (Å²) >= 11 is 7.27. The zero-order chi connectivity index (χ0) is 18.5. The van der Waals surface area contributed by atoms with Crippen molar-refractivity contribution in [2.24, 2.45) is 11.8 Å². The van der Waals surface area contributed by atoms with E-state index in [4.69, 9.17) is 16.3 Å². The molecule has 1 N–H and O–H groups in total. The van der Waals surface area contributed by atoms with Crippen molar-refractivity contribution in [3.63, 3.8) is 0 Å². The number of nitrogens with one attached hydrogen (secondary N) is 1. The summed E-state index contributed by atoms with van der Waals surface area (Å²) in [6, 6.07) is 6.92. The monoisotopic (exact) mass is 393 g/mol. The first-order chi connectivity index (χ1) is 12.5. The molecule has 2 atom stereocenters. The van der Waals surface area contributed by atoms with Crippen LogP contribution in [0.1, 0.15) is 26.0 Å². The van der Waals surface area contributed by atoms with E-state index in [2.05, 4.69) is 29.0 Å². The van der Waals surface area contributed by atoms with Crippen molar-refractivity contribution in [2.45, 2.75) is 26.8 Å². The number of likely N-dealkylation sites (tertiary alicyclic amines) is 1. The van der Waals surface area contributed by atoms with Gasteiger partial charge in [-0.2, -0.15) is 0 Å². The minimum atomic E-state index is -0.221. The maximum atomic E-state index is 12.0. The molecule has 7 heteroatoms. The van der Waals surface area contributed by atoms with Gasteiger partial charge in [0.2, 0.25) is 0 Å². The Morgan fingerprint density at radius 1 is 1.31 bits per heavy atom. The molecule has 0 aliphatic carbocycles. The number of benzene rings is 1. The van der Waals surface area contributed by atoms with Gasteiger partial charge in [0.05, 0.1) is 5.69 Å². The van der Waals surface area contributed by atoms with Crippen molar-refractivity contribution in [3.8, 4) is 5.75 Å². The van der Waals surface area contributed by atoms with E-state index in [1.165, 1.54) is 17.8 Å². The molecule has 0 bridgehead atoms. The molecule has 1 saturated heterocycles. The zero-order valence-corrected chi connectivity index (χ0v) is 16.6. The highest BCUT2D eigenvalue weighted by Crippen LogP contribution is 2.24. The van der Waals surface area contributed by atoms with E-state index in [0.717, 1.165) is 37.2 Å². The fourth-order valence-electron chi connectivity index (χ4n) is 3.42. The molecule has 26 heavy (non-hydrogen) atoms. The van der Waals surface area contributed by atoms with Gasteiger partial charge in [-0.15, -0.1) is 11.3 Å². The summed E-state index contributed by atoms with van der Waals surface area (Å²) in [7, 11) is 0. The van der Waals surface area contributed by atoms with E-state index in [-0.39, 0.29) is 12.5 Å². The Morgan fingerprint density at radius 2 is 2.00 bits per heavy atom. The molecule has 3 rings (SSSR count). The van der Waals surface area contributed by atoms with Gasteiger partial charge < -0.3 is 4.74 Å².